The highest BCUT2D eigenvalue weighted by molar-refractivity contribution is 5.78. The van der Waals surface area contributed by atoms with Crippen LogP contribution in [0.4, 0.5) is 0 Å². The number of fused-ring (bicyclic) bond motifs is 2. The third-order valence-corrected chi connectivity index (χ3v) is 8.17. The van der Waals surface area contributed by atoms with Gasteiger partial charge in [-0.05, 0) is 32.8 Å². The van der Waals surface area contributed by atoms with Gasteiger partial charge in [0.1, 0.15) is 24.4 Å². The van der Waals surface area contributed by atoms with Crippen LogP contribution in [0.5, 0.6) is 0 Å². The van der Waals surface area contributed by atoms with Crippen LogP contribution in [0, 0.1) is 17.3 Å². The van der Waals surface area contributed by atoms with E-state index in [0.29, 0.717) is 12.0 Å². The number of esters is 5. The minimum atomic E-state index is -2.06. The third kappa shape index (κ3) is 5.59. The van der Waals surface area contributed by atoms with Gasteiger partial charge in [0.05, 0.1) is 11.3 Å². The van der Waals surface area contributed by atoms with Crippen LogP contribution in [0.3, 0.4) is 0 Å². The van der Waals surface area contributed by atoms with Gasteiger partial charge in [-0.3, -0.25) is 24.0 Å². The predicted molar refractivity (Wildman–Crippen MR) is 135 cm³/mol. The summed E-state index contributed by atoms with van der Waals surface area (Å²) in [4.78, 5) is 62.2. The van der Waals surface area contributed by atoms with E-state index in [2.05, 4.69) is 6.58 Å². The Labute approximate surface area is 227 Å². The highest BCUT2D eigenvalue weighted by Crippen LogP contribution is 2.56. The van der Waals surface area contributed by atoms with E-state index >= 15 is 0 Å². The molecule has 39 heavy (non-hydrogen) atoms. The van der Waals surface area contributed by atoms with E-state index in [0.717, 1.165) is 12.5 Å². The maximum atomic E-state index is 12.8. The van der Waals surface area contributed by atoms with Crippen LogP contribution in [0.2, 0.25) is 0 Å². The molecule has 11 nitrogen and oxygen atoms in total. The molecule has 0 aromatic rings. The summed E-state index contributed by atoms with van der Waals surface area (Å²) in [5, 5.41) is 12.3. The van der Waals surface area contributed by atoms with Crippen LogP contribution in [-0.2, 0) is 47.7 Å². The van der Waals surface area contributed by atoms with Crippen LogP contribution < -0.4 is 0 Å². The van der Waals surface area contributed by atoms with E-state index < -0.39 is 83.2 Å². The van der Waals surface area contributed by atoms with Gasteiger partial charge >= 0.3 is 29.8 Å². The van der Waals surface area contributed by atoms with E-state index in [9.17, 15) is 29.1 Å². The number of hydrogen-bond acceptors (Lipinski definition) is 11. The Balaban J connectivity index is 2.39. The summed E-state index contributed by atoms with van der Waals surface area (Å²) in [6.45, 7) is 13.9. The second-order valence-corrected chi connectivity index (χ2v) is 11.0. The molecule has 2 aliphatic carbocycles. The van der Waals surface area contributed by atoms with E-state index in [4.69, 9.17) is 23.7 Å². The number of ether oxygens (including phenoxy) is 5. The van der Waals surface area contributed by atoms with Gasteiger partial charge in [-0.1, -0.05) is 24.6 Å². The minimum absolute atomic E-state index is 0.0128. The number of carbonyl (C=O) groups is 5. The second-order valence-electron chi connectivity index (χ2n) is 11.0. The molecule has 0 aromatic carbocycles. The summed E-state index contributed by atoms with van der Waals surface area (Å²) in [5.74, 6) is -5.52. The van der Waals surface area contributed by atoms with Crippen LogP contribution >= 0.6 is 0 Å². The normalized spacial score (nSPS) is 38.3. The zero-order valence-corrected chi connectivity index (χ0v) is 23.5. The third-order valence-electron chi connectivity index (χ3n) is 8.17. The first-order valence-corrected chi connectivity index (χ1v) is 13.0. The van der Waals surface area contributed by atoms with Gasteiger partial charge < -0.3 is 28.8 Å². The quantitative estimate of drug-likeness (QED) is 0.312. The van der Waals surface area contributed by atoms with Crippen molar-refractivity contribution in [2.45, 2.75) is 104 Å². The fourth-order valence-corrected chi connectivity index (χ4v) is 6.47. The molecule has 1 heterocycles. The molecular formula is C28H38O11. The number of hydrogen-bond donors (Lipinski definition) is 1. The van der Waals surface area contributed by atoms with Gasteiger partial charge in [-0.15, -0.1) is 0 Å². The Kier molecular flexibility index (Phi) is 8.64. The average molecular weight is 551 g/mol. The lowest BCUT2D eigenvalue weighted by Gasteiger charge is -2.56. The molecule has 11 heteroatoms. The summed E-state index contributed by atoms with van der Waals surface area (Å²) >= 11 is 0. The van der Waals surface area contributed by atoms with Gasteiger partial charge in [0.15, 0.2) is 11.7 Å². The average Bonchev–Trinajstić information content (AvgIpc) is 3.01. The van der Waals surface area contributed by atoms with Gasteiger partial charge in [0, 0.05) is 40.0 Å². The lowest BCUT2D eigenvalue weighted by atomic mass is 9.54. The summed E-state index contributed by atoms with van der Waals surface area (Å²) in [7, 11) is 0. The summed E-state index contributed by atoms with van der Waals surface area (Å²) in [6, 6.07) is 0. The van der Waals surface area contributed by atoms with Gasteiger partial charge in [-0.25, -0.2) is 0 Å². The fraction of sp³-hybridized carbons (Fsp3) is 0.679. The topological polar surface area (TPSA) is 152 Å². The lowest BCUT2D eigenvalue weighted by Crippen LogP contribution is -2.68. The standard InChI is InChI=1S/C28H38O11/c1-13-9-10-21(36-17(5)30)27(8)23(14(2)12-20(35-16(4)29)24(27)37-18(6)31)25(38-19(7)32)28(34)15(3)26(33)39-22(28)11-13/h11,15,20-25,34H,2,9-10,12H2,1,3-8H3. The van der Waals surface area contributed by atoms with Crippen LogP contribution in [0.1, 0.15) is 67.7 Å². The molecule has 0 aromatic heterocycles. The van der Waals surface area contributed by atoms with Crippen LogP contribution in [0.25, 0.3) is 0 Å². The Morgan fingerprint density at radius 2 is 1.51 bits per heavy atom. The molecule has 9 atom stereocenters. The highest BCUT2D eigenvalue weighted by Gasteiger charge is 2.69. The van der Waals surface area contributed by atoms with E-state index in [1.54, 1.807) is 19.9 Å². The molecule has 0 amide bonds. The lowest BCUT2D eigenvalue weighted by molar-refractivity contribution is -0.235. The molecule has 0 bridgehead atoms. The molecular weight excluding hydrogens is 512 g/mol. The number of aliphatic hydroxyl groups is 1. The van der Waals surface area contributed by atoms with Crippen molar-refractivity contribution < 1.29 is 52.8 Å². The van der Waals surface area contributed by atoms with Crippen molar-refractivity contribution in [3.8, 4) is 0 Å². The number of carbonyl (C=O) groups excluding carboxylic acids is 5. The molecule has 1 aliphatic heterocycles. The van der Waals surface area contributed by atoms with E-state index in [1.807, 2.05) is 0 Å². The number of allylic oxidation sites excluding steroid dienone is 1. The largest absolute Gasteiger partial charge is 0.462 e. The molecule has 1 saturated carbocycles. The molecule has 2 fully saturated rings. The van der Waals surface area contributed by atoms with Crippen molar-refractivity contribution in [2.24, 2.45) is 17.3 Å². The van der Waals surface area contributed by atoms with E-state index in [-0.39, 0.29) is 12.8 Å². The smallest absolute Gasteiger partial charge is 0.312 e. The Morgan fingerprint density at radius 1 is 0.974 bits per heavy atom. The molecule has 216 valence electrons. The van der Waals surface area contributed by atoms with Crippen molar-refractivity contribution in [2.75, 3.05) is 0 Å². The summed E-state index contributed by atoms with van der Waals surface area (Å²) < 4.78 is 28.6. The van der Waals surface area contributed by atoms with Crippen LogP contribution in [-0.4, -0.2) is 71.1 Å². The molecule has 9 unspecified atom stereocenters. The summed E-state index contributed by atoms with van der Waals surface area (Å²) in [6.07, 6.45) is -3.61. The first kappa shape index (κ1) is 30.3. The van der Waals surface area contributed by atoms with Crippen molar-refractivity contribution in [1.82, 2.24) is 0 Å². The molecule has 3 rings (SSSR count). The van der Waals surface area contributed by atoms with Gasteiger partial charge in [0.25, 0.3) is 0 Å². The SMILES string of the molecule is C=C1CC(OC(C)=O)C(OC(C)=O)C2(C)C(OC(C)=O)CCC(C)=CC3OC(=O)C(C)C3(O)C(OC(C)=O)C12. The minimum Gasteiger partial charge on any atom is -0.462 e. The van der Waals surface area contributed by atoms with Crippen molar-refractivity contribution >= 4 is 29.8 Å². The predicted octanol–water partition coefficient (Wildman–Crippen LogP) is 2.33. The maximum Gasteiger partial charge on any atom is 0.312 e. The Bertz CT molecular complexity index is 1090. The zero-order valence-electron chi connectivity index (χ0n) is 23.5. The fourth-order valence-electron chi connectivity index (χ4n) is 6.47. The van der Waals surface area contributed by atoms with Crippen molar-refractivity contribution in [3.05, 3.63) is 23.8 Å². The molecule has 0 radical (unpaired) electrons. The van der Waals surface area contributed by atoms with Gasteiger partial charge in [0.2, 0.25) is 0 Å². The summed E-state index contributed by atoms with van der Waals surface area (Å²) in [5.41, 5.74) is -2.41. The second kappa shape index (κ2) is 11.1. The number of rotatable bonds is 4. The molecule has 0 spiro atoms. The van der Waals surface area contributed by atoms with Gasteiger partial charge in [-0.2, -0.15) is 0 Å². The first-order valence-electron chi connectivity index (χ1n) is 13.0. The Morgan fingerprint density at radius 3 is 2.05 bits per heavy atom. The van der Waals surface area contributed by atoms with Crippen molar-refractivity contribution in [3.63, 3.8) is 0 Å². The Hall–Kier alpha value is -3.21. The van der Waals surface area contributed by atoms with Crippen LogP contribution in [0.15, 0.2) is 23.8 Å². The molecule has 1 saturated heterocycles. The molecule has 1 N–H and O–H groups in total. The van der Waals surface area contributed by atoms with Crippen molar-refractivity contribution in [1.29, 1.82) is 0 Å². The molecule has 3 aliphatic rings. The first-order chi connectivity index (χ1) is 18.0. The maximum absolute atomic E-state index is 12.8. The monoisotopic (exact) mass is 550 g/mol. The highest BCUT2D eigenvalue weighted by atomic mass is 16.6. The van der Waals surface area contributed by atoms with E-state index in [1.165, 1.54) is 27.7 Å². The zero-order chi connectivity index (χ0) is 29.4.